The number of aromatic amines is 1. The molecule has 152 valence electrons. The van der Waals surface area contributed by atoms with Gasteiger partial charge in [-0.2, -0.15) is 5.10 Å². The summed E-state index contributed by atoms with van der Waals surface area (Å²) in [6.45, 7) is 5.40. The average Bonchev–Trinajstić information content (AvgIpc) is 3.03. The molecule has 0 atom stereocenters. The fraction of sp³-hybridized carbons (Fsp3) is 0.286. The minimum atomic E-state index is -1.02. The van der Waals surface area contributed by atoms with Crippen LogP contribution in [0.4, 0.5) is 5.82 Å². The van der Waals surface area contributed by atoms with Gasteiger partial charge in [-0.1, -0.05) is 41.4 Å². The summed E-state index contributed by atoms with van der Waals surface area (Å²) < 4.78 is 0. The van der Waals surface area contributed by atoms with Gasteiger partial charge in [-0.25, -0.2) is 4.99 Å². The van der Waals surface area contributed by atoms with Crippen molar-refractivity contribution in [2.24, 2.45) is 4.99 Å². The quantitative estimate of drug-likeness (QED) is 0.380. The molecule has 0 bridgehead atoms. The van der Waals surface area contributed by atoms with Crippen molar-refractivity contribution in [2.45, 2.75) is 32.8 Å². The number of hydrogen-bond acceptors (Lipinski definition) is 4. The molecule has 1 amide bonds. The van der Waals surface area contributed by atoms with Gasteiger partial charge in [-0.15, -0.1) is 0 Å². The number of halogens is 1. The third kappa shape index (κ3) is 6.04. The molecule has 0 radical (unpaired) electrons. The normalized spacial score (nSPS) is 12.2. The Morgan fingerprint density at radius 2 is 1.97 bits per heavy atom. The van der Waals surface area contributed by atoms with E-state index in [1.807, 2.05) is 37.3 Å². The van der Waals surface area contributed by atoms with Gasteiger partial charge in [0.25, 0.3) is 0 Å². The second-order valence-corrected chi connectivity index (χ2v) is 8.01. The maximum absolute atomic E-state index is 12.5. The third-order valence-corrected chi connectivity index (χ3v) is 4.36. The monoisotopic (exact) mass is 413 g/mol. The first kappa shape index (κ1) is 20.8. The molecule has 0 aliphatic heterocycles. The van der Waals surface area contributed by atoms with E-state index in [0.717, 1.165) is 22.0 Å². The molecule has 4 N–H and O–H groups in total. The summed E-state index contributed by atoms with van der Waals surface area (Å²) in [5, 5.41) is 24.3. The minimum absolute atomic E-state index is 0.105. The highest BCUT2D eigenvalue weighted by atomic mass is 35.5. The number of nitrogens with zero attached hydrogens (tertiary/aromatic N) is 2. The lowest BCUT2D eigenvalue weighted by molar-refractivity contribution is -0.119. The van der Waals surface area contributed by atoms with Crippen molar-refractivity contribution in [3.05, 3.63) is 58.6 Å². The fourth-order valence-corrected chi connectivity index (χ4v) is 2.82. The molecule has 1 heterocycles. The highest BCUT2D eigenvalue weighted by Gasteiger charge is 2.15. The number of rotatable bonds is 5. The van der Waals surface area contributed by atoms with E-state index in [2.05, 4.69) is 25.8 Å². The first-order valence-corrected chi connectivity index (χ1v) is 9.60. The average molecular weight is 414 g/mol. The Kier molecular flexibility index (Phi) is 6.20. The first-order chi connectivity index (χ1) is 13.7. The van der Waals surface area contributed by atoms with Gasteiger partial charge in [0.1, 0.15) is 0 Å². The van der Waals surface area contributed by atoms with Gasteiger partial charge < -0.3 is 10.4 Å². The number of aromatic nitrogens is 2. The van der Waals surface area contributed by atoms with E-state index < -0.39 is 5.60 Å². The van der Waals surface area contributed by atoms with E-state index in [-0.39, 0.29) is 24.8 Å². The molecule has 2 aromatic carbocycles. The number of carbonyl (C=O) groups is 1. The molecule has 29 heavy (non-hydrogen) atoms. The number of fused-ring (bicyclic) bond motifs is 1. The van der Waals surface area contributed by atoms with Crippen LogP contribution in [0.1, 0.15) is 25.0 Å². The van der Waals surface area contributed by atoms with E-state index in [9.17, 15) is 9.90 Å². The number of anilines is 1. The molecule has 8 heteroatoms. The molecular formula is C21H24ClN5O2. The van der Waals surface area contributed by atoms with E-state index in [1.165, 1.54) is 0 Å². The maximum Gasteiger partial charge on any atom is 0.231 e. The summed E-state index contributed by atoms with van der Waals surface area (Å²) in [6.07, 6.45) is 0.209. The number of benzene rings is 2. The first-order valence-electron chi connectivity index (χ1n) is 9.22. The summed E-state index contributed by atoms with van der Waals surface area (Å²) >= 11 is 6.01. The van der Waals surface area contributed by atoms with Gasteiger partial charge in [-0.05, 0) is 44.5 Å². The largest absolute Gasteiger partial charge is 0.389 e. The minimum Gasteiger partial charge on any atom is -0.389 e. The molecular weight excluding hydrogens is 390 g/mol. The van der Waals surface area contributed by atoms with Gasteiger partial charge in [0.15, 0.2) is 5.82 Å². The molecule has 0 unspecified atom stereocenters. The molecule has 0 spiro atoms. The molecule has 1 aromatic heterocycles. The van der Waals surface area contributed by atoms with Gasteiger partial charge in [0.2, 0.25) is 11.9 Å². The smallest absolute Gasteiger partial charge is 0.231 e. The number of amides is 1. The highest BCUT2D eigenvalue weighted by Crippen LogP contribution is 2.23. The van der Waals surface area contributed by atoms with Crippen LogP contribution in [-0.2, 0) is 11.2 Å². The van der Waals surface area contributed by atoms with Crippen LogP contribution in [0.3, 0.4) is 0 Å². The molecule has 3 aromatic rings. The van der Waals surface area contributed by atoms with Gasteiger partial charge in [0.05, 0.1) is 24.1 Å². The number of aliphatic imine (C=N–C) groups is 1. The predicted molar refractivity (Wildman–Crippen MR) is 116 cm³/mol. The molecule has 0 saturated carbocycles. The Bertz CT molecular complexity index is 1040. The van der Waals surface area contributed by atoms with Crippen LogP contribution in [0, 0.1) is 6.92 Å². The number of aryl methyl sites for hydroxylation is 1. The topological polar surface area (TPSA) is 102 Å². The van der Waals surface area contributed by atoms with Crippen molar-refractivity contribution < 1.29 is 9.90 Å². The number of nitrogens with one attached hydrogen (secondary N) is 3. The third-order valence-electron chi connectivity index (χ3n) is 4.13. The number of hydrogen-bond donors (Lipinski definition) is 4. The zero-order valence-electron chi connectivity index (χ0n) is 16.6. The standard InChI is InChI=1S/C21H24ClN5O2/c1-13-4-6-14(7-5-13)10-18(28)24-20(23-12-21(2,3)29)25-19-16-9-8-15(22)11-17(16)26-27-19/h4-9,11,29H,10,12H2,1-3H3,(H3,23,24,25,26,27,28). The Morgan fingerprint density at radius 3 is 2.66 bits per heavy atom. The summed E-state index contributed by atoms with van der Waals surface area (Å²) in [5.41, 5.74) is 1.77. The lowest BCUT2D eigenvalue weighted by Crippen LogP contribution is -2.38. The van der Waals surface area contributed by atoms with Crippen LogP contribution in [-0.4, -0.2) is 39.3 Å². The summed E-state index contributed by atoms with van der Waals surface area (Å²) in [6, 6.07) is 13.1. The van der Waals surface area contributed by atoms with Crippen LogP contribution in [0.5, 0.6) is 0 Å². The van der Waals surface area contributed by atoms with Crippen LogP contribution in [0.25, 0.3) is 10.9 Å². The summed E-state index contributed by atoms with van der Waals surface area (Å²) in [5.74, 6) is 0.494. The number of carbonyl (C=O) groups excluding carboxylic acids is 1. The van der Waals surface area contributed by atoms with Crippen LogP contribution in [0.15, 0.2) is 47.5 Å². The fourth-order valence-electron chi connectivity index (χ4n) is 2.65. The zero-order valence-corrected chi connectivity index (χ0v) is 17.3. The van der Waals surface area contributed by atoms with Crippen LogP contribution >= 0.6 is 11.6 Å². The van der Waals surface area contributed by atoms with Crippen molar-refractivity contribution in [1.29, 1.82) is 0 Å². The highest BCUT2D eigenvalue weighted by molar-refractivity contribution is 6.31. The van der Waals surface area contributed by atoms with Crippen LogP contribution in [0.2, 0.25) is 5.02 Å². The van der Waals surface area contributed by atoms with E-state index in [4.69, 9.17) is 11.6 Å². The molecule has 0 saturated heterocycles. The van der Waals surface area contributed by atoms with Gasteiger partial charge >= 0.3 is 0 Å². The van der Waals surface area contributed by atoms with E-state index in [0.29, 0.717) is 10.8 Å². The lowest BCUT2D eigenvalue weighted by atomic mass is 10.1. The van der Waals surface area contributed by atoms with Crippen molar-refractivity contribution in [2.75, 3.05) is 11.9 Å². The van der Waals surface area contributed by atoms with E-state index >= 15 is 0 Å². The Balaban J connectivity index is 1.78. The molecule has 0 aliphatic carbocycles. The Hall–Kier alpha value is -2.90. The molecule has 0 aliphatic rings. The molecule has 7 nitrogen and oxygen atoms in total. The number of guanidine groups is 1. The zero-order chi connectivity index (χ0) is 21.0. The van der Waals surface area contributed by atoms with Gasteiger partial charge in [0, 0.05) is 10.4 Å². The SMILES string of the molecule is Cc1ccc(CC(=O)NC(=NCC(C)(C)O)Nc2n[nH]c3cc(Cl)ccc23)cc1. The van der Waals surface area contributed by atoms with Gasteiger partial charge in [-0.3, -0.25) is 15.2 Å². The Labute approximate surface area is 174 Å². The van der Waals surface area contributed by atoms with E-state index in [1.54, 1.807) is 26.0 Å². The summed E-state index contributed by atoms with van der Waals surface area (Å²) in [4.78, 5) is 16.9. The molecule has 3 rings (SSSR count). The molecule has 0 fully saturated rings. The second kappa shape index (κ2) is 8.63. The summed E-state index contributed by atoms with van der Waals surface area (Å²) in [7, 11) is 0. The Morgan fingerprint density at radius 1 is 1.24 bits per heavy atom. The lowest BCUT2D eigenvalue weighted by Gasteiger charge is -2.16. The predicted octanol–water partition coefficient (Wildman–Crippen LogP) is 3.42. The van der Waals surface area contributed by atoms with Crippen molar-refractivity contribution in [3.8, 4) is 0 Å². The van der Waals surface area contributed by atoms with Crippen molar-refractivity contribution >= 4 is 40.2 Å². The maximum atomic E-state index is 12.5. The number of H-pyrrole nitrogens is 1. The second-order valence-electron chi connectivity index (χ2n) is 7.57. The number of aliphatic hydroxyl groups is 1. The van der Waals surface area contributed by atoms with Crippen molar-refractivity contribution in [1.82, 2.24) is 15.5 Å². The van der Waals surface area contributed by atoms with Crippen molar-refractivity contribution in [3.63, 3.8) is 0 Å². The van der Waals surface area contributed by atoms with Crippen LogP contribution < -0.4 is 10.6 Å².